The summed E-state index contributed by atoms with van der Waals surface area (Å²) in [7, 11) is 0. The highest BCUT2D eigenvalue weighted by Gasteiger charge is 2.25. The van der Waals surface area contributed by atoms with Crippen LogP contribution in [0.25, 0.3) is 0 Å². The third-order valence-corrected chi connectivity index (χ3v) is 3.31. The largest absolute Gasteiger partial charge is 0.489 e. The van der Waals surface area contributed by atoms with Crippen LogP contribution in [0.5, 0.6) is 5.75 Å². The molecule has 0 aromatic heterocycles. The van der Waals surface area contributed by atoms with Gasteiger partial charge in [0.2, 0.25) is 5.78 Å². The summed E-state index contributed by atoms with van der Waals surface area (Å²) in [6.07, 6.45) is 0.450. The molecule has 4 rings (SSSR count). The van der Waals surface area contributed by atoms with Crippen molar-refractivity contribution in [1.82, 2.24) is 0 Å². The van der Waals surface area contributed by atoms with Gasteiger partial charge in [-0.05, 0) is 23.3 Å². The molecule has 100 valence electrons. The molecule has 2 bridgehead atoms. The third-order valence-electron chi connectivity index (χ3n) is 3.31. The van der Waals surface area contributed by atoms with Crippen LogP contribution in [0.1, 0.15) is 21.5 Å². The summed E-state index contributed by atoms with van der Waals surface area (Å²) < 4.78 is 5.18. The van der Waals surface area contributed by atoms with Crippen LogP contribution in [-0.4, -0.2) is 16.7 Å². The number of oxime groups is 1. The van der Waals surface area contributed by atoms with Crippen LogP contribution in [-0.2, 0) is 13.0 Å². The fourth-order valence-corrected chi connectivity index (χ4v) is 2.28. The standard InChI is InChI=1S/C9H7NO2.C7H6O/c11-9-7-4-2-1-3-6(7)5-8(9)10-12;1-2-6-4-7(3-1)8-5-6/h1-4,12H,5H2;1-4H,5H2. The molecule has 1 heterocycles. The molecule has 4 nitrogen and oxygen atoms in total. The maximum atomic E-state index is 11.3. The molecule has 1 N–H and O–H groups in total. The molecule has 2 aliphatic rings. The minimum Gasteiger partial charge on any atom is -0.489 e. The van der Waals surface area contributed by atoms with Gasteiger partial charge in [0.15, 0.2) is 0 Å². The van der Waals surface area contributed by atoms with Crippen LogP contribution in [0.2, 0.25) is 0 Å². The average Bonchev–Trinajstić information content (AvgIpc) is 3.00. The summed E-state index contributed by atoms with van der Waals surface area (Å²) in [5.74, 6) is 0.843. The molecule has 1 aliphatic heterocycles. The fourth-order valence-electron chi connectivity index (χ4n) is 2.28. The Bertz CT molecular complexity index is 672. The van der Waals surface area contributed by atoms with Crippen molar-refractivity contribution >= 4 is 11.5 Å². The van der Waals surface area contributed by atoms with E-state index < -0.39 is 0 Å². The molecule has 0 spiro atoms. The Morgan fingerprint density at radius 3 is 2.65 bits per heavy atom. The average molecular weight is 267 g/mol. The first-order valence-corrected chi connectivity index (χ1v) is 6.33. The second-order valence-electron chi connectivity index (χ2n) is 4.65. The highest BCUT2D eigenvalue weighted by molar-refractivity contribution is 6.49. The third kappa shape index (κ3) is 2.28. The predicted octanol–water partition coefficient (Wildman–Crippen LogP) is 2.83. The Morgan fingerprint density at radius 1 is 1.10 bits per heavy atom. The van der Waals surface area contributed by atoms with E-state index in [1.54, 1.807) is 12.1 Å². The number of fused-ring (bicyclic) bond motifs is 3. The van der Waals surface area contributed by atoms with Crippen molar-refractivity contribution in [2.75, 3.05) is 0 Å². The molecular formula is C16H13NO3. The lowest BCUT2D eigenvalue weighted by molar-refractivity contribution is 0.106. The Labute approximate surface area is 116 Å². The summed E-state index contributed by atoms with van der Waals surface area (Å²) in [6, 6.07) is 15.4. The lowest BCUT2D eigenvalue weighted by atomic mass is 10.1. The lowest BCUT2D eigenvalue weighted by Gasteiger charge is -1.91. The van der Waals surface area contributed by atoms with Crippen LogP contribution < -0.4 is 4.74 Å². The van der Waals surface area contributed by atoms with Gasteiger partial charge in [-0.15, -0.1) is 0 Å². The molecule has 0 amide bonds. The molecule has 0 unspecified atom stereocenters. The van der Waals surface area contributed by atoms with Crippen molar-refractivity contribution in [2.45, 2.75) is 13.0 Å². The molecule has 0 fully saturated rings. The van der Waals surface area contributed by atoms with Gasteiger partial charge in [-0.1, -0.05) is 41.6 Å². The monoisotopic (exact) mass is 267 g/mol. The van der Waals surface area contributed by atoms with Crippen LogP contribution in [0.4, 0.5) is 0 Å². The van der Waals surface area contributed by atoms with Crippen LogP contribution in [0.15, 0.2) is 53.7 Å². The van der Waals surface area contributed by atoms with E-state index in [1.165, 1.54) is 5.56 Å². The van der Waals surface area contributed by atoms with Crippen molar-refractivity contribution in [1.29, 1.82) is 0 Å². The number of hydrogen-bond donors (Lipinski definition) is 1. The zero-order chi connectivity index (χ0) is 13.9. The number of carbonyl (C=O) groups excluding carboxylic acids is 1. The Balaban J connectivity index is 0.000000131. The zero-order valence-electron chi connectivity index (χ0n) is 10.7. The number of rotatable bonds is 0. The number of carbonyl (C=O) groups is 1. The van der Waals surface area contributed by atoms with E-state index in [0.717, 1.165) is 17.9 Å². The quantitative estimate of drug-likeness (QED) is 0.590. The molecule has 1 aliphatic carbocycles. The summed E-state index contributed by atoms with van der Waals surface area (Å²) in [5.41, 5.74) is 3.11. The number of Topliss-reactive ketones (excluding diaryl/α,β-unsaturated/α-hetero) is 1. The minimum atomic E-state index is -0.159. The molecule has 0 radical (unpaired) electrons. The van der Waals surface area contributed by atoms with Crippen molar-refractivity contribution in [3.8, 4) is 5.75 Å². The van der Waals surface area contributed by atoms with Gasteiger partial charge < -0.3 is 9.94 Å². The van der Waals surface area contributed by atoms with Crippen molar-refractivity contribution in [3.05, 3.63) is 65.2 Å². The molecule has 0 saturated heterocycles. The van der Waals surface area contributed by atoms with Crippen LogP contribution in [0.3, 0.4) is 0 Å². The molecule has 20 heavy (non-hydrogen) atoms. The molecule has 2 aromatic rings. The van der Waals surface area contributed by atoms with Gasteiger partial charge in [-0.3, -0.25) is 4.79 Å². The Morgan fingerprint density at radius 2 is 1.95 bits per heavy atom. The predicted molar refractivity (Wildman–Crippen MR) is 74.5 cm³/mol. The first kappa shape index (κ1) is 12.4. The van der Waals surface area contributed by atoms with E-state index in [4.69, 9.17) is 9.94 Å². The second kappa shape index (κ2) is 5.17. The van der Waals surface area contributed by atoms with Crippen molar-refractivity contribution in [3.63, 3.8) is 0 Å². The number of nitrogens with zero attached hydrogens (tertiary/aromatic N) is 1. The topological polar surface area (TPSA) is 58.9 Å². The van der Waals surface area contributed by atoms with Gasteiger partial charge in [-0.2, -0.15) is 0 Å². The van der Waals surface area contributed by atoms with E-state index >= 15 is 0 Å². The van der Waals surface area contributed by atoms with Gasteiger partial charge in [-0.25, -0.2) is 0 Å². The minimum absolute atomic E-state index is 0.159. The SMILES string of the molecule is O=C1C(=NO)Cc2ccccc21.c1cc2cc(c1)OC2. The Kier molecular flexibility index (Phi) is 3.21. The van der Waals surface area contributed by atoms with E-state index in [2.05, 4.69) is 17.3 Å². The van der Waals surface area contributed by atoms with E-state index in [0.29, 0.717) is 12.0 Å². The maximum absolute atomic E-state index is 11.3. The highest BCUT2D eigenvalue weighted by Crippen LogP contribution is 2.21. The molecule has 0 atom stereocenters. The first-order valence-electron chi connectivity index (χ1n) is 6.33. The van der Waals surface area contributed by atoms with Crippen molar-refractivity contribution in [2.24, 2.45) is 5.16 Å². The summed E-state index contributed by atoms with van der Waals surface area (Å²) in [4.78, 5) is 11.3. The van der Waals surface area contributed by atoms with Gasteiger partial charge in [0.25, 0.3) is 0 Å². The van der Waals surface area contributed by atoms with Gasteiger partial charge in [0.1, 0.15) is 18.1 Å². The highest BCUT2D eigenvalue weighted by atomic mass is 16.5. The number of ketones is 1. The normalized spacial score (nSPS) is 16.4. The second-order valence-corrected chi connectivity index (χ2v) is 4.65. The van der Waals surface area contributed by atoms with E-state index in [9.17, 15) is 4.79 Å². The number of ether oxygens (including phenoxy) is 1. The maximum Gasteiger partial charge on any atom is 0.211 e. The fraction of sp³-hybridized carbons (Fsp3) is 0.125. The number of benzene rings is 2. The van der Waals surface area contributed by atoms with E-state index in [1.807, 2.05) is 24.3 Å². The molecule has 0 saturated carbocycles. The molecule has 2 aromatic carbocycles. The Hall–Kier alpha value is -2.62. The molecule has 4 heteroatoms. The summed E-state index contributed by atoms with van der Waals surface area (Å²) >= 11 is 0. The van der Waals surface area contributed by atoms with Gasteiger partial charge in [0.05, 0.1) is 0 Å². The van der Waals surface area contributed by atoms with Crippen LogP contribution in [0, 0.1) is 0 Å². The van der Waals surface area contributed by atoms with Crippen molar-refractivity contribution < 1.29 is 14.7 Å². The van der Waals surface area contributed by atoms with E-state index in [-0.39, 0.29) is 11.5 Å². The lowest BCUT2D eigenvalue weighted by Crippen LogP contribution is -2.06. The summed E-state index contributed by atoms with van der Waals surface area (Å²) in [5, 5.41) is 11.4. The first-order chi connectivity index (χ1) is 9.78. The van der Waals surface area contributed by atoms with Gasteiger partial charge >= 0.3 is 0 Å². The number of hydrogen-bond acceptors (Lipinski definition) is 4. The van der Waals surface area contributed by atoms with Gasteiger partial charge in [0, 0.05) is 12.0 Å². The molecular weight excluding hydrogens is 254 g/mol. The van der Waals surface area contributed by atoms with Crippen LogP contribution >= 0.6 is 0 Å². The smallest absolute Gasteiger partial charge is 0.211 e. The zero-order valence-corrected chi connectivity index (χ0v) is 10.7. The summed E-state index contributed by atoms with van der Waals surface area (Å²) in [6.45, 7) is 0.766.